The molecule has 0 aliphatic heterocycles. The molecule has 0 atom stereocenters. The van der Waals surface area contributed by atoms with Crippen molar-refractivity contribution in [2.45, 2.75) is 19.8 Å². The predicted molar refractivity (Wildman–Crippen MR) is 97.6 cm³/mol. The van der Waals surface area contributed by atoms with Gasteiger partial charge < -0.3 is 10.6 Å². The van der Waals surface area contributed by atoms with Gasteiger partial charge in [0.15, 0.2) is 0 Å². The Bertz CT molecular complexity index is 721. The molecule has 0 aromatic heterocycles. The first-order chi connectivity index (χ1) is 11.5. The predicted octanol–water partition coefficient (Wildman–Crippen LogP) is 3.58. The van der Waals surface area contributed by atoms with Gasteiger partial charge in [0, 0.05) is 11.8 Å². The van der Waals surface area contributed by atoms with E-state index >= 15 is 0 Å². The monoisotopic (exact) mass is 322 g/mol. The van der Waals surface area contributed by atoms with Crippen LogP contribution in [0.4, 0.5) is 5.69 Å². The Morgan fingerprint density at radius 2 is 1.79 bits per heavy atom. The number of hydrogen-bond acceptors (Lipinski definition) is 2. The van der Waals surface area contributed by atoms with Gasteiger partial charge in [0.05, 0.1) is 6.54 Å². The van der Waals surface area contributed by atoms with Gasteiger partial charge in [-0.25, -0.2) is 0 Å². The lowest BCUT2D eigenvalue weighted by Crippen LogP contribution is -2.31. The molecule has 0 spiro atoms. The summed E-state index contributed by atoms with van der Waals surface area (Å²) in [5.74, 6) is -0.160. The first-order valence-electron chi connectivity index (χ1n) is 7.95. The molecule has 0 fully saturated rings. The molecule has 124 valence electrons. The van der Waals surface area contributed by atoms with Gasteiger partial charge in [0.1, 0.15) is 0 Å². The fourth-order valence-corrected chi connectivity index (χ4v) is 2.14. The molecule has 0 heterocycles. The third kappa shape index (κ3) is 5.72. The second-order valence-electron chi connectivity index (χ2n) is 5.79. The third-order valence-electron chi connectivity index (χ3n) is 3.49. The van der Waals surface area contributed by atoms with E-state index in [1.165, 1.54) is 6.08 Å². The standard InChI is InChI=1S/C20H22N2O2/c1-15(2)17-9-6-10-18(13-17)22-20(24)14-21-19(23)12-11-16-7-4-3-5-8-16/h3-13,15H,14H2,1-2H3,(H,21,23)(H,22,24)/b12-11+. The Labute approximate surface area is 142 Å². The van der Waals surface area contributed by atoms with Gasteiger partial charge in [-0.2, -0.15) is 0 Å². The molecule has 0 saturated heterocycles. The highest BCUT2D eigenvalue weighted by molar-refractivity contribution is 5.98. The zero-order valence-corrected chi connectivity index (χ0v) is 14.0. The Hall–Kier alpha value is -2.88. The van der Waals surface area contributed by atoms with Gasteiger partial charge in [-0.05, 0) is 35.3 Å². The molecular formula is C20H22N2O2. The Kier molecular flexibility index (Phi) is 6.32. The van der Waals surface area contributed by atoms with Crippen molar-refractivity contribution in [2.24, 2.45) is 0 Å². The van der Waals surface area contributed by atoms with Crippen LogP contribution in [-0.2, 0) is 9.59 Å². The van der Waals surface area contributed by atoms with Gasteiger partial charge >= 0.3 is 0 Å². The lowest BCUT2D eigenvalue weighted by molar-refractivity contribution is -0.121. The largest absolute Gasteiger partial charge is 0.343 e. The lowest BCUT2D eigenvalue weighted by Gasteiger charge is -2.09. The molecule has 2 aromatic carbocycles. The summed E-state index contributed by atoms with van der Waals surface area (Å²) in [5.41, 5.74) is 2.82. The summed E-state index contributed by atoms with van der Waals surface area (Å²) in [6.07, 6.45) is 3.13. The van der Waals surface area contributed by atoms with Crippen molar-refractivity contribution in [1.82, 2.24) is 5.32 Å². The molecule has 2 amide bonds. The van der Waals surface area contributed by atoms with E-state index in [0.29, 0.717) is 5.92 Å². The van der Waals surface area contributed by atoms with Crippen molar-refractivity contribution in [3.63, 3.8) is 0 Å². The van der Waals surface area contributed by atoms with Crippen LogP contribution in [0.25, 0.3) is 6.08 Å². The Morgan fingerprint density at radius 3 is 2.50 bits per heavy atom. The van der Waals surface area contributed by atoms with Crippen molar-refractivity contribution in [1.29, 1.82) is 0 Å². The second-order valence-corrected chi connectivity index (χ2v) is 5.79. The van der Waals surface area contributed by atoms with Crippen LogP contribution in [0, 0.1) is 0 Å². The van der Waals surface area contributed by atoms with E-state index in [9.17, 15) is 9.59 Å². The number of hydrogen-bond donors (Lipinski definition) is 2. The zero-order chi connectivity index (χ0) is 17.4. The van der Waals surface area contributed by atoms with Crippen LogP contribution in [0.15, 0.2) is 60.7 Å². The van der Waals surface area contributed by atoms with E-state index < -0.39 is 0 Å². The van der Waals surface area contributed by atoms with Crippen molar-refractivity contribution in [3.8, 4) is 0 Å². The van der Waals surface area contributed by atoms with E-state index in [2.05, 4.69) is 24.5 Å². The topological polar surface area (TPSA) is 58.2 Å². The second kappa shape index (κ2) is 8.67. The maximum Gasteiger partial charge on any atom is 0.244 e. The summed E-state index contributed by atoms with van der Waals surface area (Å²) in [4.78, 5) is 23.7. The van der Waals surface area contributed by atoms with E-state index in [4.69, 9.17) is 0 Å². The number of nitrogens with one attached hydrogen (secondary N) is 2. The van der Waals surface area contributed by atoms with Gasteiger partial charge in [-0.15, -0.1) is 0 Å². The third-order valence-corrected chi connectivity index (χ3v) is 3.49. The van der Waals surface area contributed by atoms with Crippen LogP contribution in [0.1, 0.15) is 30.9 Å². The highest BCUT2D eigenvalue weighted by Gasteiger charge is 2.05. The van der Waals surface area contributed by atoms with Crippen molar-refractivity contribution < 1.29 is 9.59 Å². The summed E-state index contributed by atoms with van der Waals surface area (Å²) >= 11 is 0. The summed E-state index contributed by atoms with van der Waals surface area (Å²) in [6, 6.07) is 17.2. The molecule has 0 bridgehead atoms. The van der Waals surface area contributed by atoms with Crippen LogP contribution in [0.2, 0.25) is 0 Å². The minimum Gasteiger partial charge on any atom is -0.343 e. The summed E-state index contributed by atoms with van der Waals surface area (Å²) in [7, 11) is 0. The summed E-state index contributed by atoms with van der Waals surface area (Å²) in [6.45, 7) is 4.13. The number of anilines is 1. The molecule has 2 aromatic rings. The first kappa shape index (κ1) is 17.5. The molecule has 4 nitrogen and oxygen atoms in total. The van der Waals surface area contributed by atoms with Gasteiger partial charge in [-0.1, -0.05) is 56.3 Å². The molecule has 2 rings (SSSR count). The fraction of sp³-hybridized carbons (Fsp3) is 0.200. The molecule has 24 heavy (non-hydrogen) atoms. The molecular weight excluding hydrogens is 300 g/mol. The maximum absolute atomic E-state index is 11.9. The molecule has 4 heteroatoms. The Morgan fingerprint density at radius 1 is 1.04 bits per heavy atom. The minimum atomic E-state index is -0.301. The van der Waals surface area contributed by atoms with Gasteiger partial charge in [0.2, 0.25) is 11.8 Å². The molecule has 0 unspecified atom stereocenters. The number of carbonyl (C=O) groups excluding carboxylic acids is 2. The van der Waals surface area contributed by atoms with Crippen LogP contribution in [0.5, 0.6) is 0 Å². The SMILES string of the molecule is CC(C)c1cccc(NC(=O)CNC(=O)/C=C/c2ccccc2)c1. The highest BCUT2D eigenvalue weighted by atomic mass is 16.2. The van der Waals surface area contributed by atoms with Gasteiger partial charge in [0.25, 0.3) is 0 Å². The first-order valence-corrected chi connectivity index (χ1v) is 7.95. The van der Waals surface area contributed by atoms with Crippen LogP contribution in [-0.4, -0.2) is 18.4 Å². The zero-order valence-electron chi connectivity index (χ0n) is 14.0. The minimum absolute atomic E-state index is 0.0656. The molecule has 2 N–H and O–H groups in total. The van der Waals surface area contributed by atoms with Crippen molar-refractivity contribution in [3.05, 3.63) is 71.8 Å². The van der Waals surface area contributed by atoms with Crippen molar-refractivity contribution in [2.75, 3.05) is 11.9 Å². The molecule has 0 saturated carbocycles. The number of rotatable bonds is 6. The summed E-state index contributed by atoms with van der Waals surface area (Å²) < 4.78 is 0. The highest BCUT2D eigenvalue weighted by Crippen LogP contribution is 2.18. The maximum atomic E-state index is 11.9. The molecule has 0 radical (unpaired) electrons. The fourth-order valence-electron chi connectivity index (χ4n) is 2.14. The molecule has 0 aliphatic carbocycles. The van der Waals surface area contributed by atoms with Crippen molar-refractivity contribution >= 4 is 23.6 Å². The Balaban J connectivity index is 1.81. The van der Waals surface area contributed by atoms with Gasteiger partial charge in [-0.3, -0.25) is 9.59 Å². The van der Waals surface area contributed by atoms with Crippen LogP contribution >= 0.6 is 0 Å². The van der Waals surface area contributed by atoms with E-state index in [0.717, 1.165) is 16.8 Å². The number of benzene rings is 2. The quantitative estimate of drug-likeness (QED) is 0.799. The molecule has 0 aliphatic rings. The lowest BCUT2D eigenvalue weighted by atomic mass is 10.0. The normalized spacial score (nSPS) is 10.8. The van der Waals surface area contributed by atoms with Crippen LogP contribution in [0.3, 0.4) is 0 Å². The van der Waals surface area contributed by atoms with Crippen LogP contribution < -0.4 is 10.6 Å². The van der Waals surface area contributed by atoms with E-state index in [-0.39, 0.29) is 18.4 Å². The average Bonchev–Trinajstić information content (AvgIpc) is 2.59. The smallest absolute Gasteiger partial charge is 0.244 e. The van der Waals surface area contributed by atoms with E-state index in [1.807, 2.05) is 54.6 Å². The summed E-state index contributed by atoms with van der Waals surface area (Å²) in [5, 5.41) is 5.36. The number of amides is 2. The average molecular weight is 322 g/mol. The number of carbonyl (C=O) groups is 2. The van der Waals surface area contributed by atoms with E-state index in [1.54, 1.807) is 6.08 Å².